The molecule has 0 aliphatic heterocycles. The summed E-state index contributed by atoms with van der Waals surface area (Å²) in [5.41, 5.74) is 0. The average molecular weight is 244 g/mol. The molecule has 0 spiro atoms. The van der Waals surface area contributed by atoms with Crippen LogP contribution in [0.25, 0.3) is 0 Å². The van der Waals surface area contributed by atoms with Gasteiger partial charge in [0.2, 0.25) is 0 Å². The summed E-state index contributed by atoms with van der Waals surface area (Å²) in [6.45, 7) is -1.70. The Bertz CT molecular complexity index is 128. The second kappa shape index (κ2) is 11.2. The highest BCUT2D eigenvalue weighted by Gasteiger charge is 2.29. The maximum Gasteiger partial charge on any atom is 0.111 e. The van der Waals surface area contributed by atoms with E-state index in [0.717, 1.165) is 0 Å². The highest BCUT2D eigenvalue weighted by molar-refractivity contribution is 4.79. The molecule has 0 aromatic rings. The van der Waals surface area contributed by atoms with Crippen LogP contribution in [0, 0.1) is 0 Å². The van der Waals surface area contributed by atoms with Gasteiger partial charge in [-0.05, 0) is 0 Å². The first kappa shape index (κ1) is 18.1. The van der Waals surface area contributed by atoms with Crippen molar-refractivity contribution in [1.29, 1.82) is 0 Å². The molecule has 0 amide bonds. The average Bonchev–Trinajstić information content (AvgIpc) is 2.34. The molecular weight excluding hydrogens is 224 g/mol. The van der Waals surface area contributed by atoms with E-state index in [-0.39, 0.29) is 13.2 Å². The molecule has 0 radical (unpaired) electrons. The van der Waals surface area contributed by atoms with Crippen LogP contribution < -0.4 is 0 Å². The van der Waals surface area contributed by atoms with Crippen LogP contribution in [-0.2, 0) is 0 Å². The topological polar surface area (TPSA) is 162 Å². The first-order valence-corrected chi connectivity index (χ1v) is 4.61. The molecule has 8 heteroatoms. The van der Waals surface area contributed by atoms with Crippen molar-refractivity contribution in [2.45, 2.75) is 24.4 Å². The molecule has 4 atom stereocenters. The highest BCUT2D eigenvalue weighted by Crippen LogP contribution is 2.03. The van der Waals surface area contributed by atoms with Gasteiger partial charge >= 0.3 is 0 Å². The molecule has 0 bridgehead atoms. The van der Waals surface area contributed by atoms with Gasteiger partial charge in [0.15, 0.2) is 0 Å². The van der Waals surface area contributed by atoms with Crippen LogP contribution in [-0.4, -0.2) is 91.7 Å². The van der Waals surface area contributed by atoms with E-state index < -0.39 is 37.6 Å². The standard InChI is InChI=1S/C6H14O6.C2H6O2/c7-1-3(9)5(11)6(12)4(10)2-8;3-1-2-4/h3-12H,1-2H2;3-4H,1-2H2/t3-,4+,5-,6-;/m1./s1. The van der Waals surface area contributed by atoms with Gasteiger partial charge in [-0.2, -0.15) is 0 Å². The van der Waals surface area contributed by atoms with E-state index in [0.29, 0.717) is 0 Å². The lowest BCUT2D eigenvalue weighted by Crippen LogP contribution is -2.46. The maximum atomic E-state index is 8.96. The fourth-order valence-electron chi connectivity index (χ4n) is 0.671. The second-order valence-electron chi connectivity index (χ2n) is 2.93. The SMILES string of the molecule is OCCO.OC[C@@H](O)[C@@H](O)[C@H](O)[C@@H](O)CO. The first-order valence-electron chi connectivity index (χ1n) is 4.61. The smallest absolute Gasteiger partial charge is 0.111 e. The predicted octanol–water partition coefficient (Wildman–Crippen LogP) is -4.61. The number of aliphatic hydroxyl groups excluding tert-OH is 8. The fraction of sp³-hybridized carbons (Fsp3) is 1.00. The van der Waals surface area contributed by atoms with Gasteiger partial charge in [0.1, 0.15) is 24.4 Å². The molecule has 8 nitrogen and oxygen atoms in total. The third kappa shape index (κ3) is 7.91. The van der Waals surface area contributed by atoms with Gasteiger partial charge < -0.3 is 40.9 Å². The molecule has 0 aromatic heterocycles. The van der Waals surface area contributed by atoms with Gasteiger partial charge in [0, 0.05) is 0 Å². The minimum atomic E-state index is -1.67. The third-order valence-electron chi connectivity index (χ3n) is 1.61. The fourth-order valence-corrected chi connectivity index (χ4v) is 0.671. The van der Waals surface area contributed by atoms with E-state index in [1.165, 1.54) is 0 Å². The molecule has 0 unspecified atom stereocenters. The zero-order valence-corrected chi connectivity index (χ0v) is 8.72. The Labute approximate surface area is 92.7 Å². The summed E-state index contributed by atoms with van der Waals surface area (Å²) >= 11 is 0. The van der Waals surface area contributed by atoms with E-state index in [2.05, 4.69) is 0 Å². The molecule has 0 aromatic carbocycles. The van der Waals surface area contributed by atoms with E-state index in [9.17, 15) is 0 Å². The second-order valence-corrected chi connectivity index (χ2v) is 2.93. The van der Waals surface area contributed by atoms with Crippen molar-refractivity contribution < 1.29 is 40.9 Å². The van der Waals surface area contributed by atoms with Gasteiger partial charge in [0.05, 0.1) is 26.4 Å². The quantitative estimate of drug-likeness (QED) is 0.231. The summed E-state index contributed by atoms with van der Waals surface area (Å²) in [6.07, 6.45) is -6.39. The number of rotatable bonds is 6. The number of hydrogen-bond donors (Lipinski definition) is 8. The monoisotopic (exact) mass is 244 g/mol. The Morgan fingerprint density at radius 3 is 0.938 bits per heavy atom. The zero-order chi connectivity index (χ0) is 13.1. The van der Waals surface area contributed by atoms with E-state index in [4.69, 9.17) is 40.9 Å². The zero-order valence-electron chi connectivity index (χ0n) is 8.72. The minimum Gasteiger partial charge on any atom is -0.394 e. The van der Waals surface area contributed by atoms with Gasteiger partial charge in [-0.25, -0.2) is 0 Å². The molecule has 0 aliphatic carbocycles. The van der Waals surface area contributed by atoms with E-state index in [1.54, 1.807) is 0 Å². The summed E-state index contributed by atoms with van der Waals surface area (Å²) in [6, 6.07) is 0. The van der Waals surface area contributed by atoms with Crippen molar-refractivity contribution in [2.24, 2.45) is 0 Å². The van der Waals surface area contributed by atoms with Crippen LogP contribution in [0.2, 0.25) is 0 Å². The Morgan fingerprint density at radius 2 is 0.812 bits per heavy atom. The van der Waals surface area contributed by atoms with Crippen molar-refractivity contribution in [1.82, 2.24) is 0 Å². The van der Waals surface area contributed by atoms with Crippen molar-refractivity contribution >= 4 is 0 Å². The lowest BCUT2D eigenvalue weighted by atomic mass is 10.0. The van der Waals surface area contributed by atoms with Crippen LogP contribution in [0.4, 0.5) is 0 Å². The maximum absolute atomic E-state index is 8.96. The molecule has 0 rings (SSSR count). The molecule has 0 heterocycles. The number of hydrogen-bond acceptors (Lipinski definition) is 8. The van der Waals surface area contributed by atoms with E-state index in [1.807, 2.05) is 0 Å². The Balaban J connectivity index is 0. The van der Waals surface area contributed by atoms with Crippen molar-refractivity contribution in [3.05, 3.63) is 0 Å². The third-order valence-corrected chi connectivity index (χ3v) is 1.61. The Hall–Kier alpha value is -0.320. The molecule has 0 aliphatic rings. The van der Waals surface area contributed by atoms with Crippen LogP contribution in [0.1, 0.15) is 0 Å². The number of aliphatic hydroxyl groups is 8. The summed E-state index contributed by atoms with van der Waals surface area (Å²) in [4.78, 5) is 0. The van der Waals surface area contributed by atoms with Crippen molar-refractivity contribution in [3.8, 4) is 0 Å². The molecular formula is C8H20O8. The van der Waals surface area contributed by atoms with Gasteiger partial charge in [-0.1, -0.05) is 0 Å². The van der Waals surface area contributed by atoms with Gasteiger partial charge in [-0.15, -0.1) is 0 Å². The highest BCUT2D eigenvalue weighted by atomic mass is 16.4. The lowest BCUT2D eigenvalue weighted by molar-refractivity contribution is -0.123. The summed E-state index contributed by atoms with van der Waals surface area (Å²) in [5.74, 6) is 0. The van der Waals surface area contributed by atoms with E-state index >= 15 is 0 Å². The van der Waals surface area contributed by atoms with Crippen molar-refractivity contribution in [3.63, 3.8) is 0 Å². The van der Waals surface area contributed by atoms with Crippen LogP contribution in [0.3, 0.4) is 0 Å². The Kier molecular flexibility index (Phi) is 12.6. The molecule has 8 N–H and O–H groups in total. The van der Waals surface area contributed by atoms with Gasteiger partial charge in [0.25, 0.3) is 0 Å². The predicted molar refractivity (Wildman–Crippen MR) is 52.4 cm³/mol. The largest absolute Gasteiger partial charge is 0.394 e. The molecule has 100 valence electrons. The van der Waals surface area contributed by atoms with Gasteiger partial charge in [-0.3, -0.25) is 0 Å². The summed E-state index contributed by atoms with van der Waals surface area (Å²) < 4.78 is 0. The molecule has 0 saturated heterocycles. The Morgan fingerprint density at radius 1 is 0.562 bits per heavy atom. The van der Waals surface area contributed by atoms with Crippen LogP contribution in [0.5, 0.6) is 0 Å². The summed E-state index contributed by atoms with van der Waals surface area (Å²) in [5, 5.41) is 67.4. The minimum absolute atomic E-state index is 0.125. The normalized spacial score (nSPS) is 18.0. The molecule has 0 fully saturated rings. The molecule has 0 saturated carbocycles. The summed E-state index contributed by atoms with van der Waals surface area (Å²) in [7, 11) is 0. The van der Waals surface area contributed by atoms with Crippen molar-refractivity contribution in [2.75, 3.05) is 26.4 Å². The molecule has 16 heavy (non-hydrogen) atoms. The first-order chi connectivity index (χ1) is 7.45. The van der Waals surface area contributed by atoms with Crippen LogP contribution >= 0.6 is 0 Å². The lowest BCUT2D eigenvalue weighted by Gasteiger charge is -2.24. The van der Waals surface area contributed by atoms with Crippen LogP contribution in [0.15, 0.2) is 0 Å².